The second-order valence-corrected chi connectivity index (χ2v) is 19.5. The third-order valence-corrected chi connectivity index (χ3v) is 8.47. The van der Waals surface area contributed by atoms with E-state index >= 15 is 0 Å². The Morgan fingerprint density at radius 2 is 2.12 bits per heavy atom. The van der Waals surface area contributed by atoms with Gasteiger partial charge in [-0.1, -0.05) is 0 Å². The molecule has 0 bridgehead atoms. The van der Waals surface area contributed by atoms with Crippen LogP contribution in [0, 0.1) is 0 Å². The van der Waals surface area contributed by atoms with Crippen LogP contribution in [0.2, 0.25) is 14.8 Å². The average Bonchev–Trinajstić information content (AvgIpc) is 2.22. The van der Waals surface area contributed by atoms with Gasteiger partial charge in [0, 0.05) is 0 Å². The van der Waals surface area contributed by atoms with Crippen molar-refractivity contribution in [1.29, 1.82) is 0 Å². The zero-order valence-electron chi connectivity index (χ0n) is 10.1. The van der Waals surface area contributed by atoms with Gasteiger partial charge in [-0.25, -0.2) is 0 Å². The van der Waals surface area contributed by atoms with Gasteiger partial charge in [-0.15, -0.1) is 0 Å². The SMILES string of the molecule is CN1C(=O)COc2c[c]([Sn]([CH3])([CH3])[CH3])cnc21. The van der Waals surface area contributed by atoms with Gasteiger partial charge in [-0.05, 0) is 0 Å². The van der Waals surface area contributed by atoms with Crippen molar-refractivity contribution in [2.75, 3.05) is 18.6 Å². The Labute approximate surface area is 99.5 Å². The second-order valence-electron chi connectivity index (χ2n) is 5.04. The fourth-order valence-corrected chi connectivity index (χ4v) is 4.46. The van der Waals surface area contributed by atoms with Crippen LogP contribution in [-0.2, 0) is 4.79 Å². The minimum absolute atomic E-state index is 0.0491. The number of nitrogens with zero attached hydrogens (tertiary/aromatic N) is 2. The standard InChI is InChI=1S/C8H7N2O2.3CH3.Sn/c1-10-7(11)5-12-6-3-2-4-9-8(6)10;;;;/h3-4H,5H2,1H3;3*1H3;. The predicted octanol–water partition coefficient (Wildman–Crippen LogP) is 0.982. The van der Waals surface area contributed by atoms with Gasteiger partial charge in [0.25, 0.3) is 0 Å². The fourth-order valence-electron chi connectivity index (χ4n) is 1.56. The number of fused-ring (bicyclic) bond motifs is 1. The normalized spacial score (nSPS) is 15.8. The Bertz CT molecular complexity index is 440. The number of hydrogen-bond donors (Lipinski definition) is 0. The van der Waals surface area contributed by atoms with Crippen molar-refractivity contribution < 1.29 is 9.53 Å². The van der Waals surface area contributed by atoms with Gasteiger partial charge >= 0.3 is 99.6 Å². The van der Waals surface area contributed by atoms with Gasteiger partial charge in [0.1, 0.15) is 0 Å². The van der Waals surface area contributed by atoms with E-state index in [-0.39, 0.29) is 12.5 Å². The number of ether oxygens (including phenoxy) is 1. The van der Waals surface area contributed by atoms with Crippen LogP contribution in [0.3, 0.4) is 0 Å². The summed E-state index contributed by atoms with van der Waals surface area (Å²) in [5, 5.41) is 0. The molecule has 0 radical (unpaired) electrons. The Kier molecular flexibility index (Phi) is 2.86. The van der Waals surface area contributed by atoms with Crippen LogP contribution in [0.15, 0.2) is 12.3 Å². The van der Waals surface area contributed by atoms with Gasteiger partial charge in [-0.3, -0.25) is 0 Å². The van der Waals surface area contributed by atoms with Crippen molar-refractivity contribution in [1.82, 2.24) is 4.98 Å². The van der Waals surface area contributed by atoms with Crippen molar-refractivity contribution in [2.24, 2.45) is 0 Å². The summed E-state index contributed by atoms with van der Waals surface area (Å²) in [5.74, 6) is 1.33. The molecule has 0 aliphatic carbocycles. The summed E-state index contributed by atoms with van der Waals surface area (Å²) in [6.45, 7) is 0.119. The molecular weight excluding hydrogens is 311 g/mol. The molecule has 2 rings (SSSR count). The van der Waals surface area contributed by atoms with E-state index in [9.17, 15) is 4.79 Å². The van der Waals surface area contributed by atoms with E-state index in [1.807, 2.05) is 6.20 Å². The third kappa shape index (κ3) is 2.02. The van der Waals surface area contributed by atoms with Crippen molar-refractivity contribution in [2.45, 2.75) is 14.8 Å². The summed E-state index contributed by atoms with van der Waals surface area (Å²) in [5.41, 5.74) is 0. The number of aromatic nitrogens is 1. The van der Waals surface area contributed by atoms with Crippen molar-refractivity contribution in [3.8, 4) is 5.75 Å². The molecule has 1 aromatic rings. The van der Waals surface area contributed by atoms with Crippen molar-refractivity contribution in [3.05, 3.63) is 12.3 Å². The molecule has 4 nitrogen and oxygen atoms in total. The molecule has 0 fully saturated rings. The maximum absolute atomic E-state index is 11.4. The first-order valence-electron chi connectivity index (χ1n) is 5.29. The van der Waals surface area contributed by atoms with Crippen LogP contribution in [0.25, 0.3) is 0 Å². The first-order chi connectivity index (χ1) is 7.39. The van der Waals surface area contributed by atoms with E-state index < -0.39 is 18.4 Å². The minimum atomic E-state index is -2.10. The van der Waals surface area contributed by atoms with Crippen LogP contribution in [0.4, 0.5) is 5.82 Å². The molecule has 0 atom stereocenters. The van der Waals surface area contributed by atoms with Gasteiger partial charge in [0.2, 0.25) is 0 Å². The number of carbonyl (C=O) groups excluding carboxylic acids is 1. The third-order valence-electron chi connectivity index (χ3n) is 2.74. The Morgan fingerprint density at radius 3 is 2.75 bits per heavy atom. The molecule has 0 saturated carbocycles. The molecule has 0 unspecified atom stereocenters. The Hall–Kier alpha value is -0.781. The number of amides is 1. The van der Waals surface area contributed by atoms with Gasteiger partial charge in [-0.2, -0.15) is 0 Å². The molecule has 1 aliphatic heterocycles. The summed E-state index contributed by atoms with van der Waals surface area (Å²) in [6, 6.07) is 2.06. The molecule has 86 valence electrons. The molecule has 16 heavy (non-hydrogen) atoms. The molecule has 5 heteroatoms. The average molecular weight is 327 g/mol. The number of anilines is 1. The molecule has 1 amide bonds. The summed E-state index contributed by atoms with van der Waals surface area (Å²) < 4.78 is 6.74. The van der Waals surface area contributed by atoms with Crippen LogP contribution in [0.1, 0.15) is 0 Å². The van der Waals surface area contributed by atoms with Gasteiger partial charge in [0.15, 0.2) is 0 Å². The number of carbonyl (C=O) groups is 1. The van der Waals surface area contributed by atoms with Gasteiger partial charge in [0.05, 0.1) is 0 Å². The van der Waals surface area contributed by atoms with E-state index in [0.717, 1.165) is 5.75 Å². The topological polar surface area (TPSA) is 42.4 Å². The number of likely N-dealkylation sites (N-methyl/N-ethyl adjacent to an activating group) is 1. The zero-order valence-corrected chi connectivity index (χ0v) is 12.9. The zero-order chi connectivity index (χ0) is 11.9. The molecular formula is C11H16N2O2Sn. The molecule has 1 aromatic heterocycles. The van der Waals surface area contributed by atoms with E-state index in [1.54, 1.807) is 11.9 Å². The van der Waals surface area contributed by atoms with E-state index in [2.05, 4.69) is 25.9 Å². The second kappa shape index (κ2) is 3.91. The van der Waals surface area contributed by atoms with Crippen molar-refractivity contribution in [3.63, 3.8) is 0 Å². The van der Waals surface area contributed by atoms with Crippen LogP contribution < -0.4 is 13.2 Å². The number of hydrogen-bond acceptors (Lipinski definition) is 3. The first-order valence-corrected chi connectivity index (χ1v) is 15.3. The summed E-state index contributed by atoms with van der Waals surface area (Å²) in [7, 11) is 1.73. The summed E-state index contributed by atoms with van der Waals surface area (Å²) in [4.78, 5) is 24.3. The monoisotopic (exact) mass is 328 g/mol. The first kappa shape index (κ1) is 11.7. The van der Waals surface area contributed by atoms with Crippen molar-refractivity contribution >= 4 is 33.7 Å². The van der Waals surface area contributed by atoms with E-state index in [0.29, 0.717) is 5.82 Å². The maximum atomic E-state index is 11.4. The number of rotatable bonds is 1. The molecule has 0 aromatic carbocycles. The Morgan fingerprint density at radius 1 is 1.44 bits per heavy atom. The predicted molar refractivity (Wildman–Crippen MR) is 66.1 cm³/mol. The van der Waals surface area contributed by atoms with Crippen LogP contribution >= 0.6 is 0 Å². The molecule has 1 aliphatic rings. The summed E-state index contributed by atoms with van der Waals surface area (Å²) >= 11 is -2.10. The fraction of sp³-hybridized carbons (Fsp3) is 0.455. The quantitative estimate of drug-likeness (QED) is 0.723. The molecule has 2 heterocycles. The molecule has 0 saturated heterocycles. The van der Waals surface area contributed by atoms with E-state index in [4.69, 9.17) is 4.74 Å². The van der Waals surface area contributed by atoms with Crippen LogP contribution in [-0.4, -0.2) is 42.9 Å². The van der Waals surface area contributed by atoms with Crippen LogP contribution in [0.5, 0.6) is 5.75 Å². The Balaban J connectivity index is 2.45. The number of pyridine rings is 1. The van der Waals surface area contributed by atoms with Gasteiger partial charge < -0.3 is 0 Å². The molecule has 0 spiro atoms. The molecule has 0 N–H and O–H groups in total. The summed E-state index contributed by atoms with van der Waals surface area (Å²) in [6.07, 6.45) is 1.90. The van der Waals surface area contributed by atoms with E-state index in [1.165, 1.54) is 3.58 Å².